The van der Waals surface area contributed by atoms with E-state index in [4.69, 9.17) is 4.74 Å². The van der Waals surface area contributed by atoms with Gasteiger partial charge in [0.2, 0.25) is 0 Å². The van der Waals surface area contributed by atoms with Crippen LogP contribution in [0.4, 0.5) is 5.00 Å². The molecule has 0 aliphatic rings. The average molecular weight is 258 g/mol. The van der Waals surface area contributed by atoms with E-state index in [0.29, 0.717) is 0 Å². The maximum atomic E-state index is 5.04. The first-order valence-corrected chi connectivity index (χ1v) is 6.77. The quantitative estimate of drug-likeness (QED) is 0.685. The maximum absolute atomic E-state index is 5.04. The van der Waals surface area contributed by atoms with Crippen LogP contribution in [0.25, 0.3) is 0 Å². The van der Waals surface area contributed by atoms with Crippen LogP contribution >= 0.6 is 11.5 Å². The van der Waals surface area contributed by atoms with Crippen molar-refractivity contribution in [3.8, 4) is 0 Å². The maximum Gasteiger partial charge on any atom is 0.134 e. The van der Waals surface area contributed by atoms with Gasteiger partial charge in [0.25, 0.3) is 0 Å². The molecule has 0 fully saturated rings. The molecule has 0 aromatic carbocycles. The summed E-state index contributed by atoms with van der Waals surface area (Å²) in [5, 5.41) is 8.63. The summed E-state index contributed by atoms with van der Waals surface area (Å²) in [4.78, 5) is 2.24. The zero-order valence-electron chi connectivity index (χ0n) is 10.9. The van der Waals surface area contributed by atoms with E-state index in [9.17, 15) is 0 Å². The van der Waals surface area contributed by atoms with Crippen LogP contribution in [0, 0.1) is 0 Å². The number of nitrogens with zero attached hydrogens (tertiary/aromatic N) is 3. The lowest BCUT2D eigenvalue weighted by molar-refractivity contribution is 0.178. The lowest BCUT2D eigenvalue weighted by atomic mass is 10.3. The Kier molecular flexibility index (Phi) is 7.07. The van der Waals surface area contributed by atoms with Crippen LogP contribution in [0.5, 0.6) is 0 Å². The summed E-state index contributed by atoms with van der Waals surface area (Å²) < 4.78 is 9.04. The highest BCUT2D eigenvalue weighted by Gasteiger charge is 2.09. The van der Waals surface area contributed by atoms with Gasteiger partial charge in [-0.1, -0.05) is 11.4 Å². The van der Waals surface area contributed by atoms with Crippen molar-refractivity contribution in [2.45, 2.75) is 26.3 Å². The van der Waals surface area contributed by atoms with Crippen molar-refractivity contribution in [2.24, 2.45) is 0 Å². The van der Waals surface area contributed by atoms with Gasteiger partial charge in [-0.3, -0.25) is 0 Å². The first kappa shape index (κ1) is 14.3. The monoisotopic (exact) mass is 258 g/mol. The molecular formula is C11H22N4OS. The van der Waals surface area contributed by atoms with E-state index >= 15 is 0 Å². The van der Waals surface area contributed by atoms with E-state index in [1.54, 1.807) is 7.11 Å². The second-order valence-corrected chi connectivity index (χ2v) is 4.81. The number of hydrogen-bond donors (Lipinski definition) is 1. The molecule has 0 spiro atoms. The van der Waals surface area contributed by atoms with Crippen molar-refractivity contribution >= 4 is 16.5 Å². The van der Waals surface area contributed by atoms with E-state index in [2.05, 4.69) is 33.8 Å². The number of methoxy groups -OCH3 is 1. The molecule has 0 unspecified atom stereocenters. The molecule has 1 heterocycles. The molecule has 0 aliphatic heterocycles. The van der Waals surface area contributed by atoms with Gasteiger partial charge in [0.05, 0.1) is 0 Å². The summed E-state index contributed by atoms with van der Waals surface area (Å²) in [6.07, 6.45) is 2.16. The molecule has 0 saturated carbocycles. The Morgan fingerprint density at radius 1 is 1.47 bits per heavy atom. The highest BCUT2D eigenvalue weighted by molar-refractivity contribution is 7.10. The molecule has 1 aromatic heterocycles. The Morgan fingerprint density at radius 2 is 2.29 bits per heavy atom. The van der Waals surface area contributed by atoms with Gasteiger partial charge in [-0.05, 0) is 19.9 Å². The van der Waals surface area contributed by atoms with Crippen LogP contribution in [-0.2, 0) is 11.3 Å². The van der Waals surface area contributed by atoms with E-state index in [-0.39, 0.29) is 0 Å². The van der Waals surface area contributed by atoms with Crippen molar-refractivity contribution in [2.75, 3.05) is 39.2 Å². The van der Waals surface area contributed by atoms with Crippen LogP contribution in [0.1, 0.15) is 25.5 Å². The highest BCUT2D eigenvalue weighted by Crippen LogP contribution is 2.18. The molecule has 6 heteroatoms. The second kappa shape index (κ2) is 8.38. The van der Waals surface area contributed by atoms with E-state index in [1.807, 2.05) is 0 Å². The molecule has 98 valence electrons. The van der Waals surface area contributed by atoms with Crippen LogP contribution in [0.2, 0.25) is 0 Å². The Balaban J connectivity index is 2.36. The third-order valence-electron chi connectivity index (χ3n) is 2.40. The van der Waals surface area contributed by atoms with Crippen molar-refractivity contribution in [1.29, 1.82) is 0 Å². The van der Waals surface area contributed by atoms with Crippen molar-refractivity contribution in [1.82, 2.24) is 14.5 Å². The van der Waals surface area contributed by atoms with E-state index in [0.717, 1.165) is 49.8 Å². The summed E-state index contributed by atoms with van der Waals surface area (Å²) in [7, 11) is 3.83. The number of aromatic nitrogens is 2. The second-order valence-electron chi connectivity index (χ2n) is 4.06. The molecule has 0 saturated heterocycles. The number of nitrogens with one attached hydrogen (secondary N) is 1. The van der Waals surface area contributed by atoms with Gasteiger partial charge in [0, 0.05) is 44.9 Å². The number of anilines is 1. The van der Waals surface area contributed by atoms with Crippen LogP contribution in [0.15, 0.2) is 0 Å². The molecule has 1 rings (SSSR count). The predicted molar refractivity (Wildman–Crippen MR) is 71.5 cm³/mol. The first-order valence-electron chi connectivity index (χ1n) is 6.00. The molecule has 0 atom stereocenters. The highest BCUT2D eigenvalue weighted by atomic mass is 32.1. The summed E-state index contributed by atoms with van der Waals surface area (Å²) in [6, 6.07) is 0. The number of rotatable bonds is 9. The Hall–Kier alpha value is -0.720. The van der Waals surface area contributed by atoms with Crippen LogP contribution in [-0.4, -0.2) is 48.3 Å². The normalized spacial score (nSPS) is 11.1. The lowest BCUT2D eigenvalue weighted by Crippen LogP contribution is -2.21. The van der Waals surface area contributed by atoms with Gasteiger partial charge in [-0.15, -0.1) is 5.10 Å². The molecule has 5 nitrogen and oxygen atoms in total. The van der Waals surface area contributed by atoms with Crippen LogP contribution in [0.3, 0.4) is 0 Å². The van der Waals surface area contributed by atoms with Gasteiger partial charge in [0.1, 0.15) is 10.7 Å². The van der Waals surface area contributed by atoms with Crippen molar-refractivity contribution in [3.63, 3.8) is 0 Å². The molecule has 0 amide bonds. The van der Waals surface area contributed by atoms with Gasteiger partial charge < -0.3 is 15.0 Å². The zero-order valence-corrected chi connectivity index (χ0v) is 11.7. The third-order valence-corrected chi connectivity index (χ3v) is 3.13. The number of ether oxygens (including phenoxy) is 1. The fraction of sp³-hybridized carbons (Fsp3) is 0.818. The zero-order chi connectivity index (χ0) is 12.5. The average Bonchev–Trinajstić information content (AvgIpc) is 2.74. The molecule has 1 aromatic rings. The fourth-order valence-corrected chi connectivity index (χ4v) is 2.10. The minimum atomic E-state index is 0.806. The van der Waals surface area contributed by atoms with Gasteiger partial charge >= 0.3 is 0 Å². The van der Waals surface area contributed by atoms with Crippen LogP contribution < -0.4 is 5.32 Å². The molecule has 0 aliphatic carbocycles. The fourth-order valence-electron chi connectivity index (χ4n) is 1.50. The van der Waals surface area contributed by atoms with Gasteiger partial charge in [0.15, 0.2) is 0 Å². The standard InChI is InChI=1S/C11H22N4OS/c1-4-6-12-11-10(13-14-17-11)9-15(2)7-5-8-16-3/h12H,4-9H2,1-3H3. The first-order chi connectivity index (χ1) is 8.27. The smallest absolute Gasteiger partial charge is 0.134 e. The van der Waals surface area contributed by atoms with Gasteiger partial charge in [-0.25, -0.2) is 0 Å². The summed E-state index contributed by atoms with van der Waals surface area (Å²) in [5.41, 5.74) is 1.04. The summed E-state index contributed by atoms with van der Waals surface area (Å²) in [5.74, 6) is 0. The Bertz CT molecular complexity index is 305. The van der Waals surface area contributed by atoms with E-state index < -0.39 is 0 Å². The molecule has 0 radical (unpaired) electrons. The topological polar surface area (TPSA) is 50.3 Å². The molecule has 1 N–H and O–H groups in total. The van der Waals surface area contributed by atoms with Gasteiger partial charge in [-0.2, -0.15) is 0 Å². The molecule has 17 heavy (non-hydrogen) atoms. The number of hydrogen-bond acceptors (Lipinski definition) is 6. The summed E-state index contributed by atoms with van der Waals surface area (Å²) in [6.45, 7) is 5.79. The minimum Gasteiger partial charge on any atom is -0.385 e. The molecule has 0 bridgehead atoms. The Labute approximate surface area is 107 Å². The lowest BCUT2D eigenvalue weighted by Gasteiger charge is -2.15. The van der Waals surface area contributed by atoms with E-state index in [1.165, 1.54) is 11.5 Å². The van der Waals surface area contributed by atoms with Crippen molar-refractivity contribution < 1.29 is 4.74 Å². The predicted octanol–water partition coefficient (Wildman–Crippen LogP) is 1.83. The molecular weight excluding hydrogens is 236 g/mol. The SMILES string of the molecule is CCCNc1snnc1CN(C)CCCOC. The minimum absolute atomic E-state index is 0.806. The summed E-state index contributed by atoms with van der Waals surface area (Å²) >= 11 is 1.44. The largest absolute Gasteiger partial charge is 0.385 e. The van der Waals surface area contributed by atoms with Crippen molar-refractivity contribution in [3.05, 3.63) is 5.69 Å². The third kappa shape index (κ3) is 5.43. The Morgan fingerprint density at radius 3 is 3.00 bits per heavy atom.